The van der Waals surface area contributed by atoms with Crippen LogP contribution in [0.4, 0.5) is 5.69 Å². The molecule has 1 N–H and O–H groups in total. The summed E-state index contributed by atoms with van der Waals surface area (Å²) < 4.78 is 29.5. The van der Waals surface area contributed by atoms with Gasteiger partial charge in [0.1, 0.15) is 5.75 Å². The molecule has 1 aromatic rings. The SMILES string of the molecule is COc1ccc(NC(=O)[C@@]23C[C@H]2CN(C)S3(=O)=O)cc1. The van der Waals surface area contributed by atoms with Crippen molar-refractivity contribution in [1.29, 1.82) is 0 Å². The molecule has 1 amide bonds. The fraction of sp³-hybridized carbons (Fsp3) is 0.462. The Morgan fingerprint density at radius 2 is 2.05 bits per heavy atom. The zero-order valence-corrected chi connectivity index (χ0v) is 12.1. The molecule has 6 nitrogen and oxygen atoms in total. The number of benzene rings is 1. The Kier molecular flexibility index (Phi) is 2.81. The van der Waals surface area contributed by atoms with Crippen LogP contribution in [0.1, 0.15) is 6.42 Å². The van der Waals surface area contributed by atoms with Gasteiger partial charge in [-0.25, -0.2) is 12.7 Å². The Bertz CT molecular complexity index is 655. The summed E-state index contributed by atoms with van der Waals surface area (Å²) in [6.07, 6.45) is 0.418. The molecule has 0 unspecified atom stereocenters. The summed E-state index contributed by atoms with van der Waals surface area (Å²) in [5, 5.41) is 2.69. The summed E-state index contributed by atoms with van der Waals surface area (Å²) in [6, 6.07) is 6.81. The molecule has 1 aromatic carbocycles. The minimum atomic E-state index is -3.53. The second kappa shape index (κ2) is 4.20. The third-order valence-corrected chi connectivity index (χ3v) is 6.71. The second-order valence-electron chi connectivity index (χ2n) is 5.26. The van der Waals surface area contributed by atoms with Crippen LogP contribution in [0.15, 0.2) is 24.3 Å². The molecule has 3 rings (SSSR count). The van der Waals surface area contributed by atoms with Gasteiger partial charge in [-0.1, -0.05) is 0 Å². The predicted molar refractivity (Wildman–Crippen MR) is 74.0 cm³/mol. The summed E-state index contributed by atoms with van der Waals surface area (Å²) in [4.78, 5) is 12.3. The van der Waals surface area contributed by atoms with Crippen molar-refractivity contribution >= 4 is 21.6 Å². The van der Waals surface area contributed by atoms with E-state index < -0.39 is 20.7 Å². The normalized spacial score (nSPS) is 30.6. The average Bonchev–Trinajstić information content (AvgIpc) is 3.11. The highest BCUT2D eigenvalue weighted by molar-refractivity contribution is 7.92. The van der Waals surface area contributed by atoms with Gasteiger partial charge in [0.2, 0.25) is 15.9 Å². The molecular formula is C13H16N2O4S. The summed E-state index contributed by atoms with van der Waals surface area (Å²) in [6.45, 7) is 0.429. The molecule has 1 saturated carbocycles. The summed E-state index contributed by atoms with van der Waals surface area (Å²) in [5.41, 5.74) is 0.570. The van der Waals surface area contributed by atoms with E-state index in [9.17, 15) is 13.2 Å². The molecule has 1 saturated heterocycles. The Labute approximate surface area is 117 Å². The van der Waals surface area contributed by atoms with Gasteiger partial charge in [0.15, 0.2) is 4.75 Å². The highest BCUT2D eigenvalue weighted by Gasteiger charge is 2.74. The lowest BCUT2D eigenvalue weighted by Gasteiger charge is -2.17. The van der Waals surface area contributed by atoms with Crippen LogP contribution in [0.2, 0.25) is 0 Å². The molecule has 7 heteroatoms. The monoisotopic (exact) mass is 296 g/mol. The van der Waals surface area contributed by atoms with Crippen molar-refractivity contribution in [3.8, 4) is 5.75 Å². The van der Waals surface area contributed by atoms with Crippen LogP contribution in [0, 0.1) is 5.92 Å². The first-order valence-corrected chi connectivity index (χ1v) is 7.77. The van der Waals surface area contributed by atoms with Crippen LogP contribution in [0.3, 0.4) is 0 Å². The number of fused-ring (bicyclic) bond motifs is 1. The van der Waals surface area contributed by atoms with Gasteiger partial charge in [-0.05, 0) is 30.7 Å². The lowest BCUT2D eigenvalue weighted by atomic mass is 10.2. The van der Waals surface area contributed by atoms with Crippen molar-refractivity contribution < 1.29 is 17.9 Å². The van der Waals surface area contributed by atoms with Crippen LogP contribution >= 0.6 is 0 Å². The third-order valence-electron chi connectivity index (χ3n) is 4.13. The van der Waals surface area contributed by atoms with Gasteiger partial charge in [0.25, 0.3) is 0 Å². The largest absolute Gasteiger partial charge is 0.497 e. The van der Waals surface area contributed by atoms with Crippen LogP contribution < -0.4 is 10.1 Å². The molecule has 2 aliphatic rings. The number of ether oxygens (including phenoxy) is 1. The van der Waals surface area contributed by atoms with Crippen molar-refractivity contribution in [2.75, 3.05) is 26.0 Å². The highest BCUT2D eigenvalue weighted by atomic mass is 32.2. The van der Waals surface area contributed by atoms with Gasteiger partial charge in [0, 0.05) is 25.2 Å². The number of methoxy groups -OCH3 is 1. The molecule has 20 heavy (non-hydrogen) atoms. The topological polar surface area (TPSA) is 75.7 Å². The number of nitrogens with zero attached hydrogens (tertiary/aromatic N) is 1. The maximum Gasteiger partial charge on any atom is 0.247 e. The van der Waals surface area contributed by atoms with E-state index in [-0.39, 0.29) is 5.92 Å². The number of hydrogen-bond donors (Lipinski definition) is 1. The Balaban J connectivity index is 1.81. The van der Waals surface area contributed by atoms with Crippen LogP contribution in [0.25, 0.3) is 0 Å². The molecule has 0 aromatic heterocycles. The van der Waals surface area contributed by atoms with Gasteiger partial charge < -0.3 is 10.1 Å². The number of sulfonamides is 1. The maximum absolute atomic E-state index is 12.3. The fourth-order valence-electron chi connectivity index (χ4n) is 2.83. The molecule has 0 radical (unpaired) electrons. The number of nitrogens with one attached hydrogen (secondary N) is 1. The zero-order valence-electron chi connectivity index (χ0n) is 11.3. The lowest BCUT2D eigenvalue weighted by Crippen LogP contribution is -2.40. The molecule has 108 valence electrons. The number of amides is 1. The second-order valence-corrected chi connectivity index (χ2v) is 7.56. The minimum Gasteiger partial charge on any atom is -0.497 e. The molecule has 0 bridgehead atoms. The zero-order chi connectivity index (χ0) is 14.5. The number of carbonyl (C=O) groups is 1. The van der Waals surface area contributed by atoms with E-state index in [2.05, 4.69) is 5.32 Å². The first kappa shape index (κ1) is 13.4. The van der Waals surface area contributed by atoms with Gasteiger partial charge in [-0.3, -0.25) is 4.79 Å². The molecule has 2 atom stereocenters. The Hall–Kier alpha value is -1.60. The van der Waals surface area contributed by atoms with Crippen LogP contribution in [-0.2, 0) is 14.8 Å². The van der Waals surface area contributed by atoms with Crippen molar-refractivity contribution in [2.24, 2.45) is 5.92 Å². The average molecular weight is 296 g/mol. The fourth-order valence-corrected chi connectivity index (χ4v) is 4.95. The lowest BCUT2D eigenvalue weighted by molar-refractivity contribution is -0.116. The standard InChI is InChI=1S/C13H16N2O4S/c1-15-8-9-7-13(9,20(15,17)18)12(16)14-10-3-5-11(19-2)6-4-10/h3-6,9H,7-8H2,1-2H3,(H,14,16)/t9-,13+/m0/s1. The molecule has 1 heterocycles. The number of anilines is 1. The van der Waals surface area contributed by atoms with Crippen LogP contribution in [0.5, 0.6) is 5.75 Å². The highest BCUT2D eigenvalue weighted by Crippen LogP contribution is 2.57. The maximum atomic E-state index is 12.3. The van der Waals surface area contributed by atoms with E-state index >= 15 is 0 Å². The Morgan fingerprint density at radius 1 is 1.40 bits per heavy atom. The summed E-state index contributed by atoms with van der Waals surface area (Å²) >= 11 is 0. The number of rotatable bonds is 3. The number of carbonyl (C=O) groups excluding carboxylic acids is 1. The van der Waals surface area contributed by atoms with Crippen molar-refractivity contribution in [1.82, 2.24) is 4.31 Å². The molecular weight excluding hydrogens is 280 g/mol. The smallest absolute Gasteiger partial charge is 0.247 e. The van der Waals surface area contributed by atoms with Crippen molar-refractivity contribution in [3.05, 3.63) is 24.3 Å². The van der Waals surface area contributed by atoms with E-state index in [1.165, 1.54) is 11.4 Å². The third kappa shape index (κ3) is 1.66. The van der Waals surface area contributed by atoms with Crippen molar-refractivity contribution in [2.45, 2.75) is 11.2 Å². The summed E-state index contributed by atoms with van der Waals surface area (Å²) in [7, 11) is -0.451. The van der Waals surface area contributed by atoms with E-state index in [4.69, 9.17) is 4.74 Å². The van der Waals surface area contributed by atoms with Crippen molar-refractivity contribution in [3.63, 3.8) is 0 Å². The molecule has 2 fully saturated rings. The first-order chi connectivity index (χ1) is 9.41. The first-order valence-electron chi connectivity index (χ1n) is 6.33. The quantitative estimate of drug-likeness (QED) is 0.889. The minimum absolute atomic E-state index is 0.0873. The molecule has 1 aliphatic carbocycles. The van der Waals surface area contributed by atoms with Gasteiger partial charge in [-0.15, -0.1) is 0 Å². The van der Waals surface area contributed by atoms with Crippen LogP contribution in [-0.4, -0.2) is 44.1 Å². The summed E-state index contributed by atoms with van der Waals surface area (Å²) in [5.74, 6) is 0.159. The van der Waals surface area contributed by atoms with Gasteiger partial charge >= 0.3 is 0 Å². The van der Waals surface area contributed by atoms with Gasteiger partial charge in [0.05, 0.1) is 7.11 Å². The van der Waals surface area contributed by atoms with E-state index in [0.717, 1.165) is 0 Å². The van der Waals surface area contributed by atoms with E-state index in [1.54, 1.807) is 31.4 Å². The van der Waals surface area contributed by atoms with E-state index in [0.29, 0.717) is 24.4 Å². The van der Waals surface area contributed by atoms with E-state index in [1.807, 2.05) is 0 Å². The molecule has 0 spiro atoms. The Morgan fingerprint density at radius 3 is 2.55 bits per heavy atom. The number of hydrogen-bond acceptors (Lipinski definition) is 4. The van der Waals surface area contributed by atoms with Gasteiger partial charge in [-0.2, -0.15) is 0 Å². The molecule has 1 aliphatic heterocycles. The predicted octanol–water partition coefficient (Wildman–Crippen LogP) is 0.668.